The van der Waals surface area contributed by atoms with Gasteiger partial charge in [0.05, 0.1) is 37.5 Å². The molecule has 0 bridgehead atoms. The van der Waals surface area contributed by atoms with Crippen LogP contribution in [0.5, 0.6) is 5.88 Å². The summed E-state index contributed by atoms with van der Waals surface area (Å²) in [4.78, 5) is 23.8. The number of carbonyl (C=O) groups excluding carboxylic acids is 1. The molecule has 2 amide bonds. The Morgan fingerprint density at radius 2 is 1.79 bits per heavy atom. The number of urea groups is 1. The predicted octanol–water partition coefficient (Wildman–Crippen LogP) is 5.56. The van der Waals surface area contributed by atoms with E-state index >= 15 is 0 Å². The lowest BCUT2D eigenvalue weighted by Gasteiger charge is -2.43. The standard InChI is InChI=1S/C28H31F3N6O2/c1-18-9-12-32-26(39-2)25(18)34-13-10-20(11-14-34)35-16-23-24(17-37(33-23)21-7-8-21)36(27(35)38)15-19-5-3-4-6-22(19)28(29,30)31/h3-6,9,12,17,20-21H,7-8,10-11,13-16H2,1-2H3. The fourth-order valence-electron chi connectivity index (χ4n) is 5.77. The molecule has 11 heteroatoms. The van der Waals surface area contributed by atoms with Crippen molar-refractivity contribution in [1.29, 1.82) is 0 Å². The van der Waals surface area contributed by atoms with E-state index in [1.54, 1.807) is 24.3 Å². The number of alkyl halides is 3. The number of piperidine rings is 1. The number of anilines is 2. The molecule has 1 saturated carbocycles. The van der Waals surface area contributed by atoms with Crippen LogP contribution in [0.25, 0.3) is 0 Å². The zero-order valence-corrected chi connectivity index (χ0v) is 22.0. The number of aryl methyl sites for hydroxylation is 1. The summed E-state index contributed by atoms with van der Waals surface area (Å²) in [5.41, 5.74) is 2.71. The van der Waals surface area contributed by atoms with Gasteiger partial charge in [-0.05, 0) is 55.9 Å². The number of halogens is 3. The van der Waals surface area contributed by atoms with Crippen molar-refractivity contribution in [2.75, 3.05) is 30.0 Å². The topological polar surface area (TPSA) is 66.7 Å². The molecule has 39 heavy (non-hydrogen) atoms. The van der Waals surface area contributed by atoms with Gasteiger partial charge >= 0.3 is 12.2 Å². The van der Waals surface area contributed by atoms with Gasteiger partial charge in [-0.2, -0.15) is 18.3 Å². The highest BCUT2D eigenvalue weighted by atomic mass is 19.4. The van der Waals surface area contributed by atoms with Crippen molar-refractivity contribution >= 4 is 17.4 Å². The van der Waals surface area contributed by atoms with Crippen LogP contribution in [0.15, 0.2) is 42.7 Å². The molecule has 206 valence electrons. The summed E-state index contributed by atoms with van der Waals surface area (Å²) in [6.07, 6.45) is 2.52. The summed E-state index contributed by atoms with van der Waals surface area (Å²) < 4.78 is 48.8. The third-order valence-electron chi connectivity index (χ3n) is 7.95. The van der Waals surface area contributed by atoms with E-state index in [9.17, 15) is 18.0 Å². The number of ether oxygens (including phenoxy) is 1. The highest BCUT2D eigenvalue weighted by Crippen LogP contribution is 2.40. The third-order valence-corrected chi connectivity index (χ3v) is 7.95. The van der Waals surface area contributed by atoms with Crippen LogP contribution in [0, 0.1) is 6.92 Å². The fraction of sp³-hybridized carbons (Fsp3) is 0.464. The largest absolute Gasteiger partial charge is 0.480 e. The second-order valence-corrected chi connectivity index (χ2v) is 10.5. The molecular weight excluding hydrogens is 509 g/mol. The van der Waals surface area contributed by atoms with Gasteiger partial charge in [-0.3, -0.25) is 9.58 Å². The first-order valence-corrected chi connectivity index (χ1v) is 13.3. The lowest BCUT2D eigenvalue weighted by molar-refractivity contribution is -0.138. The van der Waals surface area contributed by atoms with Crippen LogP contribution < -0.4 is 14.5 Å². The Morgan fingerprint density at radius 3 is 2.49 bits per heavy atom. The molecule has 2 aliphatic heterocycles. The van der Waals surface area contributed by atoms with Crippen molar-refractivity contribution in [3.05, 3.63) is 65.1 Å². The number of pyridine rings is 1. The van der Waals surface area contributed by atoms with Crippen molar-refractivity contribution in [3.63, 3.8) is 0 Å². The molecule has 2 fully saturated rings. The highest BCUT2D eigenvalue weighted by Gasteiger charge is 2.41. The predicted molar refractivity (Wildman–Crippen MR) is 140 cm³/mol. The number of hydrogen-bond acceptors (Lipinski definition) is 5. The van der Waals surface area contributed by atoms with Gasteiger partial charge in [0.25, 0.3) is 0 Å². The molecule has 0 spiro atoms. The van der Waals surface area contributed by atoms with Crippen LogP contribution in [0.3, 0.4) is 0 Å². The van der Waals surface area contributed by atoms with Crippen molar-refractivity contribution in [3.8, 4) is 5.88 Å². The van der Waals surface area contributed by atoms with Crippen LogP contribution in [-0.4, -0.2) is 51.9 Å². The normalized spacial score (nSPS) is 18.5. The smallest absolute Gasteiger partial charge is 0.416 e. The average Bonchev–Trinajstić information content (AvgIpc) is 3.69. The molecule has 6 rings (SSSR count). The van der Waals surface area contributed by atoms with Crippen molar-refractivity contribution in [2.24, 2.45) is 0 Å². The van der Waals surface area contributed by atoms with Crippen LogP contribution >= 0.6 is 0 Å². The van der Waals surface area contributed by atoms with Gasteiger partial charge in [0.2, 0.25) is 5.88 Å². The summed E-state index contributed by atoms with van der Waals surface area (Å²) in [5, 5.41) is 4.78. The van der Waals surface area contributed by atoms with Crippen molar-refractivity contribution in [1.82, 2.24) is 19.7 Å². The molecule has 0 N–H and O–H groups in total. The first-order chi connectivity index (χ1) is 18.7. The minimum absolute atomic E-state index is 0.0590. The fourth-order valence-corrected chi connectivity index (χ4v) is 5.77. The molecule has 3 aromatic rings. The molecule has 8 nitrogen and oxygen atoms in total. The van der Waals surface area contributed by atoms with Gasteiger partial charge in [0.1, 0.15) is 11.4 Å². The van der Waals surface area contributed by atoms with Crippen molar-refractivity contribution in [2.45, 2.75) is 64.0 Å². The van der Waals surface area contributed by atoms with E-state index in [4.69, 9.17) is 9.84 Å². The van der Waals surface area contributed by atoms with Crippen LogP contribution in [0.4, 0.5) is 29.3 Å². The van der Waals surface area contributed by atoms with Gasteiger partial charge in [-0.1, -0.05) is 18.2 Å². The first-order valence-electron chi connectivity index (χ1n) is 13.3. The Hall–Kier alpha value is -3.76. The molecule has 1 saturated heterocycles. The van der Waals surface area contributed by atoms with E-state index in [2.05, 4.69) is 9.88 Å². The maximum atomic E-state index is 13.9. The number of amides is 2. The zero-order chi connectivity index (χ0) is 27.3. The zero-order valence-electron chi connectivity index (χ0n) is 22.0. The second-order valence-electron chi connectivity index (χ2n) is 10.5. The summed E-state index contributed by atoms with van der Waals surface area (Å²) in [5.74, 6) is 0.576. The van der Waals surface area contributed by atoms with Gasteiger partial charge in [0, 0.05) is 31.5 Å². The quantitative estimate of drug-likeness (QED) is 0.410. The lowest BCUT2D eigenvalue weighted by atomic mass is 10.0. The summed E-state index contributed by atoms with van der Waals surface area (Å²) in [6, 6.07) is 7.38. The number of rotatable bonds is 6. The van der Waals surface area contributed by atoms with Gasteiger partial charge in [-0.15, -0.1) is 0 Å². The van der Waals surface area contributed by atoms with Crippen LogP contribution in [-0.2, 0) is 19.3 Å². The molecule has 0 radical (unpaired) electrons. The molecular formula is C28H31F3N6O2. The first kappa shape index (κ1) is 25.5. The van der Waals surface area contributed by atoms with E-state index in [1.165, 1.54) is 17.0 Å². The van der Waals surface area contributed by atoms with Crippen molar-refractivity contribution < 1.29 is 22.7 Å². The lowest BCUT2D eigenvalue weighted by Crippen LogP contribution is -2.54. The maximum Gasteiger partial charge on any atom is 0.416 e. The maximum absolute atomic E-state index is 13.9. The average molecular weight is 541 g/mol. The summed E-state index contributed by atoms with van der Waals surface area (Å²) in [7, 11) is 1.61. The third kappa shape index (κ3) is 4.79. The monoisotopic (exact) mass is 540 g/mol. The molecule has 2 aromatic heterocycles. The number of carbonyl (C=O) groups is 1. The number of fused-ring (bicyclic) bond motifs is 1. The van der Waals surface area contributed by atoms with Gasteiger partial charge < -0.3 is 14.5 Å². The minimum atomic E-state index is -4.51. The number of methoxy groups -OCH3 is 1. The number of hydrogen-bond donors (Lipinski definition) is 0. The Morgan fingerprint density at radius 1 is 1.05 bits per heavy atom. The van der Waals surface area contributed by atoms with E-state index < -0.39 is 11.7 Å². The second kappa shape index (κ2) is 9.77. The molecule has 4 heterocycles. The Kier molecular flexibility index (Phi) is 6.39. The summed E-state index contributed by atoms with van der Waals surface area (Å²) in [6.45, 7) is 3.62. The number of aromatic nitrogens is 3. The number of benzene rings is 1. The van der Waals surface area contributed by atoms with E-state index in [0.29, 0.717) is 37.2 Å². The van der Waals surface area contributed by atoms with Crippen LogP contribution in [0.2, 0.25) is 0 Å². The SMILES string of the molecule is COc1nccc(C)c1N1CCC(N2Cc3nn(C4CC4)cc3N(Cc3ccccc3C(F)(F)F)C2=O)CC1. The van der Waals surface area contributed by atoms with E-state index in [0.717, 1.165) is 48.7 Å². The minimum Gasteiger partial charge on any atom is -0.480 e. The molecule has 0 atom stereocenters. The van der Waals surface area contributed by atoms with Gasteiger partial charge in [-0.25, -0.2) is 9.78 Å². The molecule has 1 aliphatic carbocycles. The molecule has 0 unspecified atom stereocenters. The Balaban J connectivity index is 1.27. The molecule has 3 aliphatic rings. The van der Waals surface area contributed by atoms with Gasteiger partial charge in [0.15, 0.2) is 0 Å². The molecule has 1 aromatic carbocycles. The van der Waals surface area contributed by atoms with E-state index in [-0.39, 0.29) is 24.2 Å². The van der Waals surface area contributed by atoms with Crippen LogP contribution in [0.1, 0.15) is 54.1 Å². The highest BCUT2D eigenvalue weighted by molar-refractivity contribution is 5.94. The number of nitrogens with zero attached hydrogens (tertiary/aromatic N) is 6. The van der Waals surface area contributed by atoms with E-state index in [1.807, 2.05) is 23.9 Å². The Labute approximate surface area is 225 Å². The Bertz CT molecular complexity index is 1380. The summed E-state index contributed by atoms with van der Waals surface area (Å²) >= 11 is 0.